The molecule has 0 radical (unpaired) electrons. The van der Waals surface area contributed by atoms with Gasteiger partial charge >= 0.3 is 0 Å². The summed E-state index contributed by atoms with van der Waals surface area (Å²) in [5.41, 5.74) is 4.70. The number of thiophene rings is 1. The molecule has 0 saturated heterocycles. The molecular weight excluding hydrogens is 516 g/mol. The molecule has 0 spiro atoms. The van der Waals surface area contributed by atoms with Crippen LogP contribution in [0.3, 0.4) is 0 Å². The van der Waals surface area contributed by atoms with Gasteiger partial charge in [-0.3, -0.25) is 14.4 Å². The van der Waals surface area contributed by atoms with E-state index < -0.39 is 6.04 Å². The first kappa shape index (κ1) is 26.3. The molecule has 2 aromatic carbocycles. The number of aryl methyl sites for hydroxylation is 2. The number of benzene rings is 2. The minimum Gasteiger partial charge on any atom is -0.488 e. The van der Waals surface area contributed by atoms with Gasteiger partial charge in [0.15, 0.2) is 5.82 Å². The molecule has 0 saturated carbocycles. The number of nitrogens with zero attached hydrogens (tertiary/aromatic N) is 4. The minimum atomic E-state index is -0.461. The molecule has 0 aliphatic carbocycles. The predicted molar refractivity (Wildman–Crippen MR) is 153 cm³/mol. The van der Waals surface area contributed by atoms with Crippen molar-refractivity contribution < 1.29 is 9.53 Å². The second kappa shape index (κ2) is 10.1. The highest BCUT2D eigenvalue weighted by Gasteiger charge is 2.32. The highest BCUT2D eigenvalue weighted by molar-refractivity contribution is 7.15. The molecule has 1 aliphatic rings. The summed E-state index contributed by atoms with van der Waals surface area (Å²) in [5, 5.41) is 10.6. The van der Waals surface area contributed by atoms with E-state index in [0.29, 0.717) is 17.3 Å². The summed E-state index contributed by atoms with van der Waals surface area (Å²) in [6.45, 7) is 12.2. The van der Waals surface area contributed by atoms with Gasteiger partial charge in [-0.1, -0.05) is 35.9 Å². The fourth-order valence-corrected chi connectivity index (χ4v) is 6.02. The number of carbonyl (C=O) groups is 1. The van der Waals surface area contributed by atoms with Crippen molar-refractivity contribution in [2.24, 2.45) is 4.99 Å². The standard InChI is InChI=1S/C30H31ClN4O2S/c1-17-18(2)38-29-26(17)27(21-9-11-22(31)12-10-21)32-25(28-34-33-19(3)35(28)29)16-23(36)15-20-7-13-24(14-8-20)37-30(4,5)6/h7-14,25H,15-16H2,1-6H3/t25-/m0/s1. The van der Waals surface area contributed by atoms with Gasteiger partial charge in [-0.2, -0.15) is 0 Å². The number of aliphatic imine (C=N–C) groups is 1. The second-order valence-corrected chi connectivity index (χ2v) is 12.3. The first-order valence-electron chi connectivity index (χ1n) is 12.7. The van der Waals surface area contributed by atoms with Crippen molar-refractivity contribution in [3.63, 3.8) is 0 Å². The Kier molecular flexibility index (Phi) is 7.01. The average Bonchev–Trinajstić information content (AvgIpc) is 3.32. The maximum Gasteiger partial charge on any atom is 0.163 e. The van der Waals surface area contributed by atoms with Crippen LogP contribution in [-0.4, -0.2) is 31.9 Å². The third-order valence-electron chi connectivity index (χ3n) is 6.53. The number of ether oxygens (including phenoxy) is 1. The zero-order valence-corrected chi connectivity index (χ0v) is 24.1. The Morgan fingerprint density at radius 2 is 1.71 bits per heavy atom. The summed E-state index contributed by atoms with van der Waals surface area (Å²) >= 11 is 7.90. The highest BCUT2D eigenvalue weighted by atomic mass is 35.5. The van der Waals surface area contributed by atoms with E-state index in [1.54, 1.807) is 11.3 Å². The van der Waals surface area contributed by atoms with Crippen molar-refractivity contribution in [1.29, 1.82) is 0 Å². The number of rotatable bonds is 6. The Balaban J connectivity index is 1.50. The third kappa shape index (κ3) is 5.31. The normalized spacial score (nSPS) is 14.9. The van der Waals surface area contributed by atoms with Gasteiger partial charge < -0.3 is 4.74 Å². The molecule has 4 aromatic rings. The van der Waals surface area contributed by atoms with Crippen LogP contribution in [-0.2, 0) is 11.2 Å². The van der Waals surface area contributed by atoms with Gasteiger partial charge in [-0.25, -0.2) is 0 Å². The van der Waals surface area contributed by atoms with E-state index in [1.807, 2.05) is 76.2 Å². The van der Waals surface area contributed by atoms with Gasteiger partial charge in [-0.15, -0.1) is 21.5 Å². The lowest BCUT2D eigenvalue weighted by atomic mass is 9.99. The summed E-state index contributed by atoms with van der Waals surface area (Å²) in [7, 11) is 0. The first-order valence-corrected chi connectivity index (χ1v) is 13.9. The molecule has 0 bridgehead atoms. The van der Waals surface area contributed by atoms with Crippen LogP contribution >= 0.6 is 22.9 Å². The molecule has 5 rings (SSSR count). The summed E-state index contributed by atoms with van der Waals surface area (Å²) in [6, 6.07) is 15.0. The lowest BCUT2D eigenvalue weighted by molar-refractivity contribution is -0.118. The van der Waals surface area contributed by atoms with E-state index >= 15 is 0 Å². The van der Waals surface area contributed by atoms with E-state index in [1.165, 1.54) is 10.4 Å². The maximum atomic E-state index is 13.4. The molecule has 2 aromatic heterocycles. The summed E-state index contributed by atoms with van der Waals surface area (Å²) < 4.78 is 7.99. The van der Waals surface area contributed by atoms with Gasteiger partial charge in [-0.05, 0) is 76.9 Å². The van der Waals surface area contributed by atoms with E-state index in [2.05, 4.69) is 28.6 Å². The van der Waals surface area contributed by atoms with E-state index in [-0.39, 0.29) is 17.8 Å². The first-order chi connectivity index (χ1) is 18.0. The van der Waals surface area contributed by atoms with Gasteiger partial charge in [0.1, 0.15) is 34.0 Å². The second-order valence-electron chi connectivity index (χ2n) is 10.7. The van der Waals surface area contributed by atoms with Gasteiger partial charge in [0.05, 0.1) is 5.71 Å². The third-order valence-corrected chi connectivity index (χ3v) is 7.97. The monoisotopic (exact) mass is 546 g/mol. The smallest absolute Gasteiger partial charge is 0.163 e. The molecule has 3 heterocycles. The molecule has 38 heavy (non-hydrogen) atoms. The van der Waals surface area contributed by atoms with Crippen LogP contribution in [0.25, 0.3) is 5.00 Å². The number of hydrogen-bond donors (Lipinski definition) is 0. The number of Topliss-reactive ketones (excluding diaryl/α,β-unsaturated/α-hetero) is 1. The maximum absolute atomic E-state index is 13.4. The van der Waals surface area contributed by atoms with Crippen LogP contribution in [0.15, 0.2) is 53.5 Å². The number of ketones is 1. The molecular formula is C30H31ClN4O2S. The number of halogens is 1. The lowest BCUT2D eigenvalue weighted by Crippen LogP contribution is -2.22. The van der Waals surface area contributed by atoms with Crippen LogP contribution in [0.2, 0.25) is 5.02 Å². The van der Waals surface area contributed by atoms with Crippen molar-refractivity contribution in [1.82, 2.24) is 14.8 Å². The lowest BCUT2D eigenvalue weighted by Gasteiger charge is -2.21. The zero-order valence-electron chi connectivity index (χ0n) is 22.5. The number of carbonyl (C=O) groups excluding carboxylic acids is 1. The molecule has 0 amide bonds. The van der Waals surface area contributed by atoms with Crippen molar-refractivity contribution in [3.8, 4) is 10.8 Å². The molecule has 1 aliphatic heterocycles. The zero-order chi connectivity index (χ0) is 27.2. The van der Waals surface area contributed by atoms with Crippen molar-refractivity contribution in [3.05, 3.63) is 92.3 Å². The number of hydrogen-bond acceptors (Lipinski definition) is 6. The van der Waals surface area contributed by atoms with E-state index in [4.69, 9.17) is 21.3 Å². The Morgan fingerprint density at radius 3 is 2.37 bits per heavy atom. The molecule has 0 N–H and O–H groups in total. The topological polar surface area (TPSA) is 69.4 Å². The van der Waals surface area contributed by atoms with Gasteiger partial charge in [0.25, 0.3) is 0 Å². The Hall–Kier alpha value is -3.29. The largest absolute Gasteiger partial charge is 0.488 e. The van der Waals surface area contributed by atoms with Crippen molar-refractivity contribution >= 4 is 34.4 Å². The van der Waals surface area contributed by atoms with Crippen molar-refractivity contribution in [2.75, 3.05) is 0 Å². The van der Waals surface area contributed by atoms with E-state index in [0.717, 1.165) is 39.0 Å². The quantitative estimate of drug-likeness (QED) is 0.257. The molecule has 0 fully saturated rings. The average molecular weight is 547 g/mol. The number of fused-ring (bicyclic) bond motifs is 3. The van der Waals surface area contributed by atoms with Crippen molar-refractivity contribution in [2.45, 2.75) is 66.0 Å². The predicted octanol–water partition coefficient (Wildman–Crippen LogP) is 7.18. The number of aromatic nitrogens is 3. The Morgan fingerprint density at radius 1 is 1.03 bits per heavy atom. The van der Waals surface area contributed by atoms with Gasteiger partial charge in [0, 0.05) is 33.9 Å². The summed E-state index contributed by atoms with van der Waals surface area (Å²) in [6.07, 6.45) is 0.535. The molecule has 1 atom stereocenters. The fraction of sp³-hybridized carbons (Fsp3) is 0.333. The van der Waals surface area contributed by atoms with Crippen LogP contribution in [0, 0.1) is 20.8 Å². The summed E-state index contributed by atoms with van der Waals surface area (Å²) in [4.78, 5) is 19.8. The van der Waals surface area contributed by atoms with Crippen LogP contribution in [0.5, 0.6) is 5.75 Å². The van der Waals surface area contributed by atoms with Crippen LogP contribution in [0.1, 0.15) is 72.0 Å². The molecule has 8 heteroatoms. The Bertz CT molecular complexity index is 1530. The molecule has 6 nitrogen and oxygen atoms in total. The molecule has 196 valence electrons. The van der Waals surface area contributed by atoms with E-state index in [9.17, 15) is 4.79 Å². The van der Waals surface area contributed by atoms with Crippen LogP contribution < -0.4 is 4.74 Å². The fourth-order valence-electron chi connectivity index (χ4n) is 4.68. The van der Waals surface area contributed by atoms with Crippen LogP contribution in [0.4, 0.5) is 0 Å². The Labute approximate surface area is 232 Å². The van der Waals surface area contributed by atoms with Gasteiger partial charge in [0.2, 0.25) is 0 Å². The highest BCUT2D eigenvalue weighted by Crippen LogP contribution is 2.39. The minimum absolute atomic E-state index is 0.0871. The summed E-state index contributed by atoms with van der Waals surface area (Å²) in [5.74, 6) is 2.34. The SMILES string of the molecule is Cc1sc2c(c1C)C(c1ccc(Cl)cc1)=N[C@@H](CC(=O)Cc1ccc(OC(C)(C)C)cc1)c1nnc(C)n1-2. The molecule has 0 unspecified atom stereocenters.